The second kappa shape index (κ2) is 4.21. The number of nitrogens with zero attached hydrogens (tertiary/aromatic N) is 3. The fourth-order valence-electron chi connectivity index (χ4n) is 1.39. The van der Waals surface area contributed by atoms with E-state index in [0.29, 0.717) is 0 Å². The monoisotopic (exact) mass is 155 g/mol. The summed E-state index contributed by atoms with van der Waals surface area (Å²) in [5.41, 5.74) is 8.23. The maximum absolute atomic E-state index is 8.23. The summed E-state index contributed by atoms with van der Waals surface area (Å²) in [5.74, 6) is 0. The molecule has 0 saturated carbocycles. The standard InChI is InChI=1S/C7H13N3O/c1-2-6(9-10-8)7-4-3-5-11-7/h6-7H,2-5H2,1H3/t6?,7-/m1/s1. The molecule has 0 aliphatic carbocycles. The molecule has 0 aromatic rings. The van der Waals surface area contributed by atoms with Gasteiger partial charge in [-0.2, -0.15) is 0 Å². The highest BCUT2D eigenvalue weighted by Crippen LogP contribution is 2.19. The lowest BCUT2D eigenvalue weighted by Gasteiger charge is -2.15. The van der Waals surface area contributed by atoms with Crippen LogP contribution in [0.25, 0.3) is 10.4 Å². The van der Waals surface area contributed by atoms with E-state index >= 15 is 0 Å². The first-order valence-corrected chi connectivity index (χ1v) is 4.04. The third-order valence-electron chi connectivity index (χ3n) is 2.01. The van der Waals surface area contributed by atoms with E-state index in [0.717, 1.165) is 25.9 Å². The highest BCUT2D eigenvalue weighted by Gasteiger charge is 2.23. The lowest BCUT2D eigenvalue weighted by Crippen LogP contribution is -2.21. The van der Waals surface area contributed by atoms with Crippen LogP contribution in [-0.2, 0) is 4.74 Å². The van der Waals surface area contributed by atoms with Crippen molar-refractivity contribution >= 4 is 0 Å². The molecule has 1 rings (SSSR count). The van der Waals surface area contributed by atoms with Crippen molar-refractivity contribution in [1.82, 2.24) is 0 Å². The summed E-state index contributed by atoms with van der Waals surface area (Å²) in [4.78, 5) is 2.80. The first-order valence-electron chi connectivity index (χ1n) is 4.04. The number of hydrogen-bond donors (Lipinski definition) is 0. The molecule has 0 N–H and O–H groups in total. The quantitative estimate of drug-likeness (QED) is 0.350. The predicted octanol–water partition coefficient (Wildman–Crippen LogP) is 2.25. The van der Waals surface area contributed by atoms with Gasteiger partial charge in [0, 0.05) is 11.5 Å². The van der Waals surface area contributed by atoms with Crippen LogP contribution in [0.2, 0.25) is 0 Å². The van der Waals surface area contributed by atoms with Crippen LogP contribution in [-0.4, -0.2) is 18.8 Å². The van der Waals surface area contributed by atoms with Gasteiger partial charge in [-0.3, -0.25) is 0 Å². The zero-order valence-corrected chi connectivity index (χ0v) is 6.73. The highest BCUT2D eigenvalue weighted by atomic mass is 16.5. The minimum atomic E-state index is 0.0440. The van der Waals surface area contributed by atoms with Gasteiger partial charge in [0.2, 0.25) is 0 Å². The lowest BCUT2D eigenvalue weighted by atomic mass is 10.1. The van der Waals surface area contributed by atoms with E-state index in [1.54, 1.807) is 0 Å². The Kier molecular flexibility index (Phi) is 3.20. The molecule has 1 aliphatic heterocycles. The van der Waals surface area contributed by atoms with Gasteiger partial charge in [-0.1, -0.05) is 12.0 Å². The van der Waals surface area contributed by atoms with Gasteiger partial charge in [0.1, 0.15) is 0 Å². The van der Waals surface area contributed by atoms with Crippen LogP contribution in [0.3, 0.4) is 0 Å². The van der Waals surface area contributed by atoms with E-state index in [-0.39, 0.29) is 12.1 Å². The van der Waals surface area contributed by atoms with Crippen LogP contribution in [0.1, 0.15) is 26.2 Å². The SMILES string of the molecule is CCC(N=[N+]=[N-])[C@H]1CCCO1. The molecule has 2 atom stereocenters. The number of hydrogen-bond acceptors (Lipinski definition) is 2. The second-order valence-electron chi connectivity index (χ2n) is 2.73. The molecular formula is C7H13N3O. The molecule has 1 fully saturated rings. The summed E-state index contributed by atoms with van der Waals surface area (Å²) in [6.45, 7) is 2.84. The minimum absolute atomic E-state index is 0.0440. The third-order valence-corrected chi connectivity index (χ3v) is 2.01. The molecule has 0 radical (unpaired) electrons. The van der Waals surface area contributed by atoms with Gasteiger partial charge < -0.3 is 4.74 Å². The molecule has 0 bridgehead atoms. The second-order valence-corrected chi connectivity index (χ2v) is 2.73. The fourth-order valence-corrected chi connectivity index (χ4v) is 1.39. The van der Waals surface area contributed by atoms with Crippen molar-refractivity contribution in [2.45, 2.75) is 38.3 Å². The number of rotatable bonds is 3. The lowest BCUT2D eigenvalue weighted by molar-refractivity contribution is 0.0890. The molecular weight excluding hydrogens is 142 g/mol. The smallest absolute Gasteiger partial charge is 0.0660 e. The summed E-state index contributed by atoms with van der Waals surface area (Å²) in [6.07, 6.45) is 3.19. The average molecular weight is 155 g/mol. The van der Waals surface area contributed by atoms with Crippen LogP contribution in [0, 0.1) is 0 Å². The largest absolute Gasteiger partial charge is 0.378 e. The van der Waals surface area contributed by atoms with Crippen molar-refractivity contribution in [1.29, 1.82) is 0 Å². The van der Waals surface area contributed by atoms with Crippen molar-refractivity contribution in [2.75, 3.05) is 6.61 Å². The molecule has 1 unspecified atom stereocenters. The average Bonchev–Trinajstić information content (AvgIpc) is 2.52. The number of azide groups is 1. The van der Waals surface area contributed by atoms with E-state index in [2.05, 4.69) is 10.0 Å². The van der Waals surface area contributed by atoms with Crippen molar-refractivity contribution in [2.24, 2.45) is 5.11 Å². The molecule has 62 valence electrons. The Bertz CT molecular complexity index is 159. The van der Waals surface area contributed by atoms with Crippen LogP contribution < -0.4 is 0 Å². The molecule has 4 nitrogen and oxygen atoms in total. The van der Waals surface area contributed by atoms with Crippen molar-refractivity contribution in [3.8, 4) is 0 Å². The van der Waals surface area contributed by atoms with Gasteiger partial charge in [0.15, 0.2) is 0 Å². The minimum Gasteiger partial charge on any atom is -0.378 e. The maximum atomic E-state index is 8.23. The van der Waals surface area contributed by atoms with Crippen molar-refractivity contribution in [3.63, 3.8) is 0 Å². The zero-order valence-electron chi connectivity index (χ0n) is 6.73. The van der Waals surface area contributed by atoms with E-state index in [1.165, 1.54) is 0 Å². The first-order chi connectivity index (χ1) is 5.38. The van der Waals surface area contributed by atoms with Gasteiger partial charge in [-0.05, 0) is 24.8 Å². The Morgan fingerprint density at radius 3 is 3.09 bits per heavy atom. The van der Waals surface area contributed by atoms with Gasteiger partial charge in [0.25, 0.3) is 0 Å². The maximum Gasteiger partial charge on any atom is 0.0660 e. The van der Waals surface area contributed by atoms with Crippen LogP contribution >= 0.6 is 0 Å². The molecule has 0 amide bonds. The molecule has 11 heavy (non-hydrogen) atoms. The zero-order chi connectivity index (χ0) is 8.10. The van der Waals surface area contributed by atoms with E-state index < -0.39 is 0 Å². The first kappa shape index (κ1) is 8.37. The Morgan fingerprint density at radius 2 is 2.64 bits per heavy atom. The summed E-state index contributed by atoms with van der Waals surface area (Å²) < 4.78 is 5.39. The van der Waals surface area contributed by atoms with Gasteiger partial charge >= 0.3 is 0 Å². The van der Waals surface area contributed by atoms with Gasteiger partial charge in [0.05, 0.1) is 12.1 Å². The molecule has 0 spiro atoms. The predicted molar refractivity (Wildman–Crippen MR) is 42.2 cm³/mol. The van der Waals surface area contributed by atoms with E-state index in [9.17, 15) is 0 Å². The third kappa shape index (κ3) is 2.10. The Labute approximate surface area is 66.2 Å². The Hall–Kier alpha value is -0.730. The van der Waals surface area contributed by atoms with E-state index in [4.69, 9.17) is 10.3 Å². The van der Waals surface area contributed by atoms with Gasteiger partial charge in [-0.15, -0.1) is 0 Å². The molecule has 1 aliphatic rings. The number of ether oxygens (including phenoxy) is 1. The fraction of sp³-hybridized carbons (Fsp3) is 1.00. The topological polar surface area (TPSA) is 58.0 Å². The van der Waals surface area contributed by atoms with Crippen molar-refractivity contribution < 1.29 is 4.74 Å². The Balaban J connectivity index is 2.45. The highest BCUT2D eigenvalue weighted by molar-refractivity contribution is 4.79. The van der Waals surface area contributed by atoms with Crippen LogP contribution in [0.4, 0.5) is 0 Å². The van der Waals surface area contributed by atoms with Crippen LogP contribution in [0.5, 0.6) is 0 Å². The summed E-state index contributed by atoms with van der Waals surface area (Å²) in [5, 5.41) is 3.68. The molecule has 1 saturated heterocycles. The summed E-state index contributed by atoms with van der Waals surface area (Å²) in [7, 11) is 0. The molecule has 4 heteroatoms. The molecule has 1 heterocycles. The molecule has 0 aromatic carbocycles. The van der Waals surface area contributed by atoms with Gasteiger partial charge in [-0.25, -0.2) is 0 Å². The van der Waals surface area contributed by atoms with E-state index in [1.807, 2.05) is 6.92 Å². The summed E-state index contributed by atoms with van der Waals surface area (Å²) >= 11 is 0. The normalized spacial score (nSPS) is 26.1. The Morgan fingerprint density at radius 1 is 1.82 bits per heavy atom. The van der Waals surface area contributed by atoms with Crippen LogP contribution in [0.15, 0.2) is 5.11 Å². The molecule has 0 aromatic heterocycles. The summed E-state index contributed by atoms with van der Waals surface area (Å²) in [6, 6.07) is 0.0440. The van der Waals surface area contributed by atoms with Crippen molar-refractivity contribution in [3.05, 3.63) is 10.4 Å².